The Morgan fingerprint density at radius 3 is 2.19 bits per heavy atom. The number of hydrogen-bond acceptors (Lipinski definition) is 4. The van der Waals surface area contributed by atoms with E-state index in [1.807, 2.05) is 70.2 Å². The molecule has 2 N–H and O–H groups in total. The molecule has 0 unspecified atom stereocenters. The van der Waals surface area contributed by atoms with Gasteiger partial charge in [0.05, 0.1) is 0 Å². The van der Waals surface area contributed by atoms with Crippen LogP contribution in [0.2, 0.25) is 0 Å². The minimum absolute atomic E-state index is 0.259. The number of hydrogen-bond donors (Lipinski definition) is 2. The van der Waals surface area contributed by atoms with Crippen LogP contribution in [-0.4, -0.2) is 15.9 Å². The van der Waals surface area contributed by atoms with Crippen LogP contribution in [-0.2, 0) is 0 Å². The van der Waals surface area contributed by atoms with Gasteiger partial charge in [0, 0.05) is 17.1 Å². The number of nitrogens with zero attached hydrogens (tertiary/aromatic N) is 2. The van der Waals surface area contributed by atoms with Crippen molar-refractivity contribution in [1.82, 2.24) is 9.97 Å². The number of nitrogens with one attached hydrogen (secondary N) is 2. The number of anilines is 3. The molecule has 26 heavy (non-hydrogen) atoms. The maximum absolute atomic E-state index is 12.6. The highest BCUT2D eigenvalue weighted by Gasteiger charge is 2.11. The Bertz CT molecular complexity index is 949. The van der Waals surface area contributed by atoms with E-state index in [2.05, 4.69) is 20.6 Å². The largest absolute Gasteiger partial charge is 0.324 e. The molecule has 1 amide bonds. The van der Waals surface area contributed by atoms with E-state index >= 15 is 0 Å². The summed E-state index contributed by atoms with van der Waals surface area (Å²) in [4.78, 5) is 21.3. The van der Waals surface area contributed by atoms with Crippen LogP contribution in [0.1, 0.15) is 32.9 Å². The molecule has 5 nitrogen and oxygen atoms in total. The summed E-state index contributed by atoms with van der Waals surface area (Å²) >= 11 is 0. The summed E-state index contributed by atoms with van der Waals surface area (Å²) in [5, 5.41) is 6.04. The molecule has 132 valence electrons. The zero-order chi connectivity index (χ0) is 18.7. The predicted octanol–water partition coefficient (Wildman–Crippen LogP) is 4.71. The average molecular weight is 346 g/mol. The molecule has 2 aromatic carbocycles. The van der Waals surface area contributed by atoms with Crippen LogP contribution in [0.4, 0.5) is 17.3 Å². The van der Waals surface area contributed by atoms with Gasteiger partial charge in [-0.3, -0.25) is 4.79 Å². The highest BCUT2D eigenvalue weighted by atomic mass is 16.1. The van der Waals surface area contributed by atoms with E-state index in [1.165, 1.54) is 11.1 Å². The SMILES string of the molecule is Cc1ccc(Nc2nc(C)cc(C(=O)Nc3ccc(C)c(C)c3)n2)cc1. The van der Waals surface area contributed by atoms with E-state index in [-0.39, 0.29) is 5.91 Å². The van der Waals surface area contributed by atoms with Crippen LogP contribution >= 0.6 is 0 Å². The molecule has 0 aliphatic rings. The Hall–Kier alpha value is -3.21. The normalized spacial score (nSPS) is 10.5. The molecule has 0 saturated heterocycles. The number of aryl methyl sites for hydroxylation is 4. The van der Waals surface area contributed by atoms with Gasteiger partial charge in [-0.1, -0.05) is 23.8 Å². The molecular formula is C21H22N4O. The standard InChI is InChI=1S/C21H22N4O/c1-13-5-8-17(9-6-13)24-21-22-16(4)12-19(25-21)20(26)23-18-10-7-14(2)15(3)11-18/h5-12H,1-4H3,(H,23,26)(H,22,24,25). The van der Waals surface area contributed by atoms with E-state index in [0.717, 1.165) is 22.6 Å². The molecule has 0 aliphatic carbocycles. The summed E-state index contributed by atoms with van der Waals surface area (Å²) < 4.78 is 0. The van der Waals surface area contributed by atoms with Crippen molar-refractivity contribution >= 4 is 23.2 Å². The minimum Gasteiger partial charge on any atom is -0.324 e. The van der Waals surface area contributed by atoms with Crippen LogP contribution in [0.3, 0.4) is 0 Å². The molecular weight excluding hydrogens is 324 g/mol. The van der Waals surface area contributed by atoms with Crippen molar-refractivity contribution in [1.29, 1.82) is 0 Å². The Morgan fingerprint density at radius 2 is 1.50 bits per heavy atom. The highest BCUT2D eigenvalue weighted by molar-refractivity contribution is 6.03. The molecule has 3 rings (SSSR count). The third-order valence-electron chi connectivity index (χ3n) is 4.16. The monoisotopic (exact) mass is 346 g/mol. The zero-order valence-corrected chi connectivity index (χ0v) is 15.4. The van der Waals surface area contributed by atoms with E-state index in [4.69, 9.17) is 0 Å². The Labute approximate surface area is 153 Å². The first-order valence-electron chi connectivity index (χ1n) is 8.49. The molecule has 0 bridgehead atoms. The van der Waals surface area contributed by atoms with Gasteiger partial charge in [0.15, 0.2) is 0 Å². The molecule has 0 atom stereocenters. The molecule has 1 heterocycles. The number of carbonyl (C=O) groups excluding carboxylic acids is 1. The van der Waals surface area contributed by atoms with Gasteiger partial charge in [0.25, 0.3) is 5.91 Å². The molecule has 5 heteroatoms. The van der Waals surface area contributed by atoms with E-state index in [1.54, 1.807) is 6.07 Å². The first-order valence-corrected chi connectivity index (χ1v) is 8.49. The van der Waals surface area contributed by atoms with Crippen molar-refractivity contribution in [2.45, 2.75) is 27.7 Å². The van der Waals surface area contributed by atoms with E-state index in [0.29, 0.717) is 11.6 Å². The fourth-order valence-electron chi connectivity index (χ4n) is 2.52. The van der Waals surface area contributed by atoms with Gasteiger partial charge in [0.2, 0.25) is 5.95 Å². The topological polar surface area (TPSA) is 66.9 Å². The van der Waals surface area contributed by atoms with E-state index in [9.17, 15) is 4.79 Å². The summed E-state index contributed by atoms with van der Waals surface area (Å²) in [5.41, 5.74) is 6.16. The second-order valence-electron chi connectivity index (χ2n) is 6.46. The summed E-state index contributed by atoms with van der Waals surface area (Å²) in [5.74, 6) is 0.143. The summed E-state index contributed by atoms with van der Waals surface area (Å²) in [6.07, 6.45) is 0. The minimum atomic E-state index is -0.259. The van der Waals surface area contributed by atoms with Gasteiger partial charge in [-0.15, -0.1) is 0 Å². The Kier molecular flexibility index (Phi) is 4.98. The van der Waals surface area contributed by atoms with Crippen LogP contribution < -0.4 is 10.6 Å². The van der Waals surface area contributed by atoms with Crippen molar-refractivity contribution in [3.8, 4) is 0 Å². The molecule has 3 aromatic rings. The van der Waals surface area contributed by atoms with E-state index < -0.39 is 0 Å². The van der Waals surface area contributed by atoms with Crippen LogP contribution in [0.25, 0.3) is 0 Å². The highest BCUT2D eigenvalue weighted by Crippen LogP contribution is 2.17. The van der Waals surface area contributed by atoms with Gasteiger partial charge in [-0.2, -0.15) is 0 Å². The van der Waals surface area contributed by atoms with Gasteiger partial charge in [0.1, 0.15) is 5.69 Å². The fourth-order valence-corrected chi connectivity index (χ4v) is 2.52. The Balaban J connectivity index is 1.80. The first-order chi connectivity index (χ1) is 12.4. The lowest BCUT2D eigenvalue weighted by atomic mass is 10.1. The van der Waals surface area contributed by atoms with Crippen molar-refractivity contribution in [2.75, 3.05) is 10.6 Å². The lowest BCUT2D eigenvalue weighted by Crippen LogP contribution is -2.15. The van der Waals surface area contributed by atoms with Crippen LogP contribution in [0, 0.1) is 27.7 Å². The number of amides is 1. The molecule has 0 saturated carbocycles. The third kappa shape index (κ3) is 4.25. The van der Waals surface area contributed by atoms with Crippen molar-refractivity contribution < 1.29 is 4.79 Å². The van der Waals surface area contributed by atoms with Gasteiger partial charge in [-0.25, -0.2) is 9.97 Å². The number of carbonyl (C=O) groups is 1. The maximum atomic E-state index is 12.6. The number of benzene rings is 2. The molecule has 0 fully saturated rings. The Morgan fingerprint density at radius 1 is 0.808 bits per heavy atom. The maximum Gasteiger partial charge on any atom is 0.274 e. The van der Waals surface area contributed by atoms with Gasteiger partial charge < -0.3 is 10.6 Å². The zero-order valence-electron chi connectivity index (χ0n) is 15.4. The number of rotatable bonds is 4. The van der Waals surface area contributed by atoms with Crippen LogP contribution in [0.5, 0.6) is 0 Å². The summed E-state index contributed by atoms with van der Waals surface area (Å²) in [6, 6.07) is 15.4. The quantitative estimate of drug-likeness (QED) is 0.718. The van der Waals surface area contributed by atoms with Crippen molar-refractivity contribution in [3.63, 3.8) is 0 Å². The molecule has 0 spiro atoms. The second-order valence-corrected chi connectivity index (χ2v) is 6.46. The van der Waals surface area contributed by atoms with Gasteiger partial charge >= 0.3 is 0 Å². The lowest BCUT2D eigenvalue weighted by molar-refractivity contribution is 0.102. The average Bonchev–Trinajstić information content (AvgIpc) is 2.60. The molecule has 0 aliphatic heterocycles. The third-order valence-corrected chi connectivity index (χ3v) is 4.16. The first kappa shape index (κ1) is 17.6. The summed E-state index contributed by atoms with van der Waals surface area (Å²) in [6.45, 7) is 7.93. The number of aromatic nitrogens is 2. The molecule has 0 radical (unpaired) electrons. The fraction of sp³-hybridized carbons (Fsp3) is 0.190. The second kappa shape index (κ2) is 7.35. The molecule has 1 aromatic heterocycles. The van der Waals surface area contributed by atoms with Crippen molar-refractivity contribution in [3.05, 3.63) is 76.6 Å². The van der Waals surface area contributed by atoms with Gasteiger partial charge in [-0.05, 0) is 69.2 Å². The predicted molar refractivity (Wildman–Crippen MR) is 105 cm³/mol. The van der Waals surface area contributed by atoms with Crippen molar-refractivity contribution in [2.24, 2.45) is 0 Å². The smallest absolute Gasteiger partial charge is 0.274 e. The van der Waals surface area contributed by atoms with Crippen LogP contribution in [0.15, 0.2) is 48.5 Å². The lowest BCUT2D eigenvalue weighted by Gasteiger charge is -2.10. The summed E-state index contributed by atoms with van der Waals surface area (Å²) in [7, 11) is 0.